The lowest BCUT2D eigenvalue weighted by Gasteiger charge is -2.08. The SMILES string of the molecule is Oc1ccc(CNc2cc(Cl)ccc2Br)nc1. The number of aromatic hydroxyl groups is 1. The van der Waals surface area contributed by atoms with Crippen molar-refractivity contribution in [1.29, 1.82) is 0 Å². The Kier molecular flexibility index (Phi) is 3.86. The summed E-state index contributed by atoms with van der Waals surface area (Å²) < 4.78 is 0.945. The molecule has 2 rings (SSSR count). The van der Waals surface area contributed by atoms with Crippen LogP contribution in [0.5, 0.6) is 5.75 Å². The van der Waals surface area contributed by atoms with Crippen LogP contribution in [0.1, 0.15) is 5.69 Å². The van der Waals surface area contributed by atoms with Crippen LogP contribution in [0.25, 0.3) is 0 Å². The van der Waals surface area contributed by atoms with E-state index < -0.39 is 0 Å². The number of benzene rings is 1. The highest BCUT2D eigenvalue weighted by molar-refractivity contribution is 9.10. The van der Waals surface area contributed by atoms with E-state index in [9.17, 15) is 0 Å². The fraction of sp³-hybridized carbons (Fsp3) is 0.0833. The number of pyridine rings is 1. The van der Waals surface area contributed by atoms with E-state index in [-0.39, 0.29) is 5.75 Å². The van der Waals surface area contributed by atoms with E-state index in [1.807, 2.05) is 18.2 Å². The normalized spacial score (nSPS) is 10.2. The zero-order chi connectivity index (χ0) is 12.3. The fourth-order valence-electron chi connectivity index (χ4n) is 1.34. The van der Waals surface area contributed by atoms with Gasteiger partial charge in [-0.25, -0.2) is 0 Å². The Morgan fingerprint density at radius 2 is 2.12 bits per heavy atom. The predicted octanol–water partition coefficient (Wildman–Crippen LogP) is 3.82. The van der Waals surface area contributed by atoms with Crippen LogP contribution in [0, 0.1) is 0 Å². The van der Waals surface area contributed by atoms with E-state index in [1.54, 1.807) is 12.1 Å². The summed E-state index contributed by atoms with van der Waals surface area (Å²) in [6.07, 6.45) is 1.42. The summed E-state index contributed by atoms with van der Waals surface area (Å²) in [5.41, 5.74) is 1.75. The summed E-state index contributed by atoms with van der Waals surface area (Å²) in [7, 11) is 0. The van der Waals surface area contributed by atoms with Gasteiger partial charge in [-0.1, -0.05) is 11.6 Å². The molecule has 0 aliphatic rings. The van der Waals surface area contributed by atoms with Crippen molar-refractivity contribution in [2.75, 3.05) is 5.32 Å². The number of halogens is 2. The molecule has 17 heavy (non-hydrogen) atoms. The average molecular weight is 314 g/mol. The molecule has 3 nitrogen and oxygen atoms in total. The number of rotatable bonds is 3. The maximum Gasteiger partial charge on any atom is 0.133 e. The van der Waals surface area contributed by atoms with Gasteiger partial charge in [-0.05, 0) is 46.3 Å². The van der Waals surface area contributed by atoms with Gasteiger partial charge in [0.05, 0.1) is 24.1 Å². The molecule has 1 heterocycles. The van der Waals surface area contributed by atoms with Crippen molar-refractivity contribution in [1.82, 2.24) is 4.98 Å². The first-order valence-electron chi connectivity index (χ1n) is 4.98. The highest BCUT2D eigenvalue weighted by Gasteiger charge is 2.01. The minimum absolute atomic E-state index is 0.165. The molecular weight excluding hydrogens is 304 g/mol. The highest BCUT2D eigenvalue weighted by atomic mass is 79.9. The van der Waals surface area contributed by atoms with Gasteiger partial charge < -0.3 is 10.4 Å². The van der Waals surface area contributed by atoms with Crippen molar-refractivity contribution in [2.24, 2.45) is 0 Å². The largest absolute Gasteiger partial charge is 0.506 e. The van der Waals surface area contributed by atoms with E-state index in [4.69, 9.17) is 16.7 Å². The summed E-state index contributed by atoms with van der Waals surface area (Å²) in [4.78, 5) is 4.08. The van der Waals surface area contributed by atoms with Crippen LogP contribution in [-0.2, 0) is 6.54 Å². The lowest BCUT2D eigenvalue weighted by molar-refractivity contribution is 0.472. The Hall–Kier alpha value is -1.26. The van der Waals surface area contributed by atoms with Gasteiger partial charge in [0.25, 0.3) is 0 Å². The molecule has 2 N–H and O–H groups in total. The Morgan fingerprint density at radius 3 is 2.82 bits per heavy atom. The first-order valence-corrected chi connectivity index (χ1v) is 6.15. The molecule has 0 amide bonds. The maximum absolute atomic E-state index is 9.11. The summed E-state index contributed by atoms with van der Waals surface area (Å²) in [6, 6.07) is 8.91. The van der Waals surface area contributed by atoms with E-state index in [0.717, 1.165) is 15.9 Å². The number of nitrogens with one attached hydrogen (secondary N) is 1. The van der Waals surface area contributed by atoms with E-state index in [1.165, 1.54) is 6.20 Å². The van der Waals surface area contributed by atoms with Gasteiger partial charge in [-0.3, -0.25) is 4.98 Å². The fourth-order valence-corrected chi connectivity index (χ4v) is 1.90. The first-order chi connectivity index (χ1) is 8.15. The molecule has 5 heteroatoms. The quantitative estimate of drug-likeness (QED) is 0.905. The number of aromatic nitrogens is 1. The van der Waals surface area contributed by atoms with Crippen LogP contribution in [0.4, 0.5) is 5.69 Å². The topological polar surface area (TPSA) is 45.1 Å². The molecule has 0 unspecified atom stereocenters. The monoisotopic (exact) mass is 312 g/mol. The second kappa shape index (κ2) is 5.38. The van der Waals surface area contributed by atoms with Crippen LogP contribution in [0.3, 0.4) is 0 Å². The molecule has 0 bridgehead atoms. The zero-order valence-corrected chi connectivity index (χ0v) is 11.2. The van der Waals surface area contributed by atoms with Gasteiger partial charge in [0, 0.05) is 9.50 Å². The third-order valence-electron chi connectivity index (χ3n) is 2.20. The molecule has 0 aliphatic carbocycles. The average Bonchev–Trinajstić information content (AvgIpc) is 2.32. The standard InChI is InChI=1S/C12H10BrClN2O/c13-11-4-1-8(14)5-12(11)16-6-9-2-3-10(17)7-15-9/h1-5,7,16-17H,6H2. The minimum Gasteiger partial charge on any atom is -0.506 e. The number of hydrogen-bond acceptors (Lipinski definition) is 3. The molecular formula is C12H10BrClN2O. The molecule has 0 saturated heterocycles. The third-order valence-corrected chi connectivity index (χ3v) is 3.12. The number of nitrogens with zero attached hydrogens (tertiary/aromatic N) is 1. The van der Waals surface area contributed by atoms with Crippen molar-refractivity contribution in [3.8, 4) is 5.75 Å². The van der Waals surface area contributed by atoms with Crippen molar-refractivity contribution in [2.45, 2.75) is 6.54 Å². The number of anilines is 1. The van der Waals surface area contributed by atoms with Crippen molar-refractivity contribution < 1.29 is 5.11 Å². The van der Waals surface area contributed by atoms with E-state index in [2.05, 4.69) is 26.2 Å². The minimum atomic E-state index is 0.165. The summed E-state index contributed by atoms with van der Waals surface area (Å²) in [6.45, 7) is 0.569. The molecule has 0 spiro atoms. The lowest BCUT2D eigenvalue weighted by Crippen LogP contribution is -2.01. The van der Waals surface area contributed by atoms with Crippen LogP contribution in [-0.4, -0.2) is 10.1 Å². The molecule has 88 valence electrons. The molecule has 0 atom stereocenters. The Balaban J connectivity index is 2.07. The molecule has 0 radical (unpaired) electrons. The lowest BCUT2D eigenvalue weighted by atomic mass is 10.3. The van der Waals surface area contributed by atoms with Crippen LogP contribution in [0.2, 0.25) is 5.02 Å². The summed E-state index contributed by atoms with van der Waals surface area (Å²) >= 11 is 9.34. The van der Waals surface area contributed by atoms with Gasteiger partial charge in [0.15, 0.2) is 0 Å². The third kappa shape index (κ3) is 3.35. The summed E-state index contributed by atoms with van der Waals surface area (Å²) in [5, 5.41) is 13.0. The van der Waals surface area contributed by atoms with E-state index >= 15 is 0 Å². The first kappa shape index (κ1) is 12.2. The summed E-state index contributed by atoms with van der Waals surface area (Å²) in [5.74, 6) is 0.165. The van der Waals surface area contributed by atoms with Crippen molar-refractivity contribution in [3.63, 3.8) is 0 Å². The second-order valence-electron chi connectivity index (χ2n) is 3.49. The molecule has 0 saturated carbocycles. The Morgan fingerprint density at radius 1 is 1.29 bits per heavy atom. The highest BCUT2D eigenvalue weighted by Crippen LogP contribution is 2.26. The van der Waals surface area contributed by atoms with Gasteiger partial charge >= 0.3 is 0 Å². The Bertz CT molecular complexity index is 516. The van der Waals surface area contributed by atoms with Gasteiger partial charge in [0.2, 0.25) is 0 Å². The molecule has 2 aromatic rings. The Labute approximate surface area is 113 Å². The molecule has 1 aromatic carbocycles. The van der Waals surface area contributed by atoms with Crippen LogP contribution in [0.15, 0.2) is 41.0 Å². The predicted molar refractivity (Wildman–Crippen MR) is 72.4 cm³/mol. The zero-order valence-electron chi connectivity index (χ0n) is 8.82. The van der Waals surface area contributed by atoms with Crippen LogP contribution >= 0.6 is 27.5 Å². The van der Waals surface area contributed by atoms with Crippen LogP contribution < -0.4 is 5.32 Å². The van der Waals surface area contributed by atoms with Gasteiger partial charge in [-0.2, -0.15) is 0 Å². The number of hydrogen-bond donors (Lipinski definition) is 2. The smallest absolute Gasteiger partial charge is 0.133 e. The maximum atomic E-state index is 9.11. The van der Waals surface area contributed by atoms with Crippen molar-refractivity contribution >= 4 is 33.2 Å². The van der Waals surface area contributed by atoms with E-state index in [0.29, 0.717) is 11.6 Å². The molecule has 0 aliphatic heterocycles. The van der Waals surface area contributed by atoms with Crippen molar-refractivity contribution in [3.05, 3.63) is 51.7 Å². The van der Waals surface area contributed by atoms with Gasteiger partial charge in [0.1, 0.15) is 5.75 Å². The van der Waals surface area contributed by atoms with Gasteiger partial charge in [-0.15, -0.1) is 0 Å². The second-order valence-corrected chi connectivity index (χ2v) is 4.78. The molecule has 1 aromatic heterocycles. The molecule has 0 fully saturated rings.